The number of ether oxygens (including phenoxy) is 1. The van der Waals surface area contributed by atoms with E-state index in [-0.39, 0.29) is 46.0 Å². The number of phenols is 2. The second kappa shape index (κ2) is 21.5. The molecule has 4 rings (SSSR count). The summed E-state index contributed by atoms with van der Waals surface area (Å²) in [6.45, 7) is 2.77. The quantitative estimate of drug-likeness (QED) is 0.0551. The number of aryl methyl sites for hydroxylation is 1. The number of aromatic carboxylic acids is 1. The first-order valence-corrected chi connectivity index (χ1v) is 15.3. The largest absolute Gasteiger partial charge is 0.508 e. The van der Waals surface area contributed by atoms with Crippen LogP contribution in [-0.2, 0) is 40.1 Å². The minimum atomic E-state index is -1.12. The maximum absolute atomic E-state index is 10.7. The average molecular weight is 712 g/mol. The van der Waals surface area contributed by atoms with Gasteiger partial charge in [-0.25, -0.2) is 4.79 Å². The van der Waals surface area contributed by atoms with Gasteiger partial charge in [0.1, 0.15) is 17.1 Å². The van der Waals surface area contributed by atoms with E-state index in [4.69, 9.17) is 9.84 Å². The second-order valence-corrected chi connectivity index (χ2v) is 10.7. The van der Waals surface area contributed by atoms with Gasteiger partial charge in [-0.05, 0) is 73.4 Å². The summed E-state index contributed by atoms with van der Waals surface area (Å²) in [6.07, 6.45) is 7.24. The van der Waals surface area contributed by atoms with Crippen molar-refractivity contribution in [2.75, 3.05) is 26.3 Å². The standard InChI is InChI=1S/C25H37NO4.C11H8O3.Ag/c27-20-23-18-22(13-14-24(23)28)25(29)19-26-15-7-1-2-8-16-30-17-9-6-12-21-10-4-3-5-11-21;12-10-8-4-2-1-3-7(8)5-6-9(10)11(13)14;/h3-5,10-11,13-14,18,25-29H,1-2,6-9,12,15-17,19-20H2;1-6,12H,(H,13,14);. The monoisotopic (exact) mass is 710 g/mol. The van der Waals surface area contributed by atoms with Crippen LogP contribution < -0.4 is 5.32 Å². The fraction of sp³-hybridized carbons (Fsp3) is 0.361. The molecule has 0 bridgehead atoms. The molecular weight excluding hydrogens is 666 g/mol. The van der Waals surface area contributed by atoms with Gasteiger partial charge in [0.15, 0.2) is 0 Å². The number of nitrogens with one attached hydrogen (secondary N) is 1. The van der Waals surface area contributed by atoms with Gasteiger partial charge < -0.3 is 35.6 Å². The van der Waals surface area contributed by atoms with Crippen molar-refractivity contribution in [1.29, 1.82) is 0 Å². The number of carboxylic acid groups (broad SMARTS) is 1. The molecule has 4 aromatic carbocycles. The fourth-order valence-electron chi connectivity index (χ4n) is 4.81. The van der Waals surface area contributed by atoms with Gasteiger partial charge in [-0.2, -0.15) is 0 Å². The molecule has 0 amide bonds. The van der Waals surface area contributed by atoms with Crippen LogP contribution in [0.4, 0.5) is 0 Å². The van der Waals surface area contributed by atoms with E-state index in [0.717, 1.165) is 63.7 Å². The van der Waals surface area contributed by atoms with E-state index in [1.807, 2.05) is 12.1 Å². The first-order chi connectivity index (χ1) is 21.4. The van der Waals surface area contributed by atoms with Gasteiger partial charge >= 0.3 is 5.97 Å². The Bertz CT molecular complexity index is 1420. The van der Waals surface area contributed by atoms with E-state index in [2.05, 4.69) is 35.6 Å². The number of aliphatic hydroxyl groups is 2. The Balaban J connectivity index is 0.000000391. The molecule has 0 saturated carbocycles. The van der Waals surface area contributed by atoms with Gasteiger partial charge in [0, 0.05) is 53.1 Å². The SMILES string of the molecule is O=C(O)c1ccc2ccccc2c1O.OCc1cc(C(O)CNCCCCCCOCCCCc2ccccc2)ccc1O.[Ag]. The molecule has 0 aromatic heterocycles. The van der Waals surface area contributed by atoms with Gasteiger partial charge in [0.2, 0.25) is 0 Å². The maximum Gasteiger partial charge on any atom is 0.339 e. The first-order valence-electron chi connectivity index (χ1n) is 15.3. The zero-order valence-electron chi connectivity index (χ0n) is 25.5. The molecule has 0 fully saturated rings. The number of unbranched alkanes of at least 4 members (excludes halogenated alkanes) is 4. The summed E-state index contributed by atoms with van der Waals surface area (Å²) in [5, 5.41) is 52.1. The van der Waals surface area contributed by atoms with Crippen LogP contribution in [0.2, 0.25) is 0 Å². The Labute approximate surface area is 281 Å². The second-order valence-electron chi connectivity index (χ2n) is 10.7. The van der Waals surface area contributed by atoms with E-state index in [1.54, 1.807) is 30.3 Å². The van der Waals surface area contributed by atoms with E-state index in [1.165, 1.54) is 24.1 Å². The molecule has 9 heteroatoms. The molecule has 45 heavy (non-hydrogen) atoms. The molecule has 0 aliphatic heterocycles. The molecule has 0 aliphatic carbocycles. The topological polar surface area (TPSA) is 139 Å². The molecule has 6 N–H and O–H groups in total. The molecule has 1 radical (unpaired) electrons. The van der Waals surface area contributed by atoms with Crippen LogP contribution in [0.25, 0.3) is 10.8 Å². The molecule has 0 aliphatic rings. The summed E-state index contributed by atoms with van der Waals surface area (Å²) in [5.74, 6) is -1.23. The Hall–Kier alpha value is -3.21. The van der Waals surface area contributed by atoms with Crippen LogP contribution in [0.5, 0.6) is 11.5 Å². The zero-order chi connectivity index (χ0) is 31.6. The molecule has 247 valence electrons. The number of fused-ring (bicyclic) bond motifs is 1. The minimum absolute atomic E-state index is 0. The molecule has 1 unspecified atom stereocenters. The molecule has 0 heterocycles. The predicted octanol–water partition coefficient (Wildman–Crippen LogP) is 6.35. The van der Waals surface area contributed by atoms with E-state index >= 15 is 0 Å². The fourth-order valence-corrected chi connectivity index (χ4v) is 4.81. The van der Waals surface area contributed by atoms with Crippen molar-refractivity contribution in [2.45, 2.75) is 57.7 Å². The minimum Gasteiger partial charge on any atom is -0.508 e. The van der Waals surface area contributed by atoms with Gasteiger partial charge in [-0.3, -0.25) is 0 Å². The number of hydrogen-bond acceptors (Lipinski definition) is 7. The third-order valence-electron chi connectivity index (χ3n) is 7.37. The van der Waals surface area contributed by atoms with Crippen molar-refractivity contribution in [1.82, 2.24) is 5.32 Å². The first kappa shape index (κ1) is 38.0. The summed E-state index contributed by atoms with van der Waals surface area (Å²) >= 11 is 0. The van der Waals surface area contributed by atoms with Gasteiger partial charge in [0.25, 0.3) is 0 Å². The number of aliphatic hydroxyl groups excluding tert-OH is 2. The van der Waals surface area contributed by atoms with E-state index < -0.39 is 12.1 Å². The van der Waals surface area contributed by atoms with Crippen molar-refractivity contribution in [3.63, 3.8) is 0 Å². The molecule has 1 atom stereocenters. The normalized spacial score (nSPS) is 11.3. The van der Waals surface area contributed by atoms with E-state index in [0.29, 0.717) is 23.1 Å². The van der Waals surface area contributed by atoms with Crippen molar-refractivity contribution in [3.8, 4) is 11.5 Å². The summed E-state index contributed by atoms with van der Waals surface area (Å²) < 4.78 is 5.72. The third-order valence-corrected chi connectivity index (χ3v) is 7.37. The molecule has 0 spiro atoms. The summed E-state index contributed by atoms with van der Waals surface area (Å²) in [7, 11) is 0. The number of hydrogen-bond donors (Lipinski definition) is 6. The number of aromatic hydroxyl groups is 2. The van der Waals surface area contributed by atoms with Crippen LogP contribution in [0, 0.1) is 0 Å². The van der Waals surface area contributed by atoms with Crippen LogP contribution in [0.3, 0.4) is 0 Å². The summed E-state index contributed by atoms with van der Waals surface area (Å²) in [5.41, 5.74) is 2.47. The third kappa shape index (κ3) is 13.4. The molecule has 8 nitrogen and oxygen atoms in total. The smallest absolute Gasteiger partial charge is 0.339 e. The Kier molecular flexibility index (Phi) is 18.2. The number of rotatable bonds is 17. The zero-order valence-corrected chi connectivity index (χ0v) is 27.0. The Morgan fingerprint density at radius 1 is 0.800 bits per heavy atom. The van der Waals surface area contributed by atoms with Crippen molar-refractivity contribution >= 4 is 16.7 Å². The number of benzene rings is 4. The van der Waals surface area contributed by atoms with Gasteiger partial charge in [-0.15, -0.1) is 0 Å². The molecule has 0 saturated heterocycles. The van der Waals surface area contributed by atoms with Gasteiger partial charge in [-0.1, -0.05) is 79.6 Å². The van der Waals surface area contributed by atoms with Crippen LogP contribution in [0.15, 0.2) is 84.9 Å². The number of carboxylic acids is 1. The Morgan fingerprint density at radius 2 is 1.49 bits per heavy atom. The van der Waals surface area contributed by atoms with Gasteiger partial charge in [0.05, 0.1) is 12.7 Å². The molecule has 4 aromatic rings. The number of carbonyl (C=O) groups is 1. The van der Waals surface area contributed by atoms with Crippen LogP contribution in [0.1, 0.15) is 71.7 Å². The van der Waals surface area contributed by atoms with Crippen molar-refractivity contribution in [2.24, 2.45) is 0 Å². The maximum atomic E-state index is 10.7. The van der Waals surface area contributed by atoms with Crippen molar-refractivity contribution < 1.29 is 57.4 Å². The van der Waals surface area contributed by atoms with E-state index in [9.17, 15) is 25.2 Å². The average Bonchev–Trinajstić information content (AvgIpc) is 3.04. The van der Waals surface area contributed by atoms with Crippen LogP contribution in [-0.4, -0.2) is 57.8 Å². The Morgan fingerprint density at radius 3 is 2.22 bits per heavy atom. The predicted molar refractivity (Wildman–Crippen MR) is 173 cm³/mol. The van der Waals surface area contributed by atoms with Crippen LogP contribution >= 0.6 is 0 Å². The van der Waals surface area contributed by atoms with Crippen molar-refractivity contribution in [3.05, 3.63) is 107 Å². The molecular formula is C36H45AgNO7. The summed E-state index contributed by atoms with van der Waals surface area (Å²) in [6, 6.07) is 25.6. The summed E-state index contributed by atoms with van der Waals surface area (Å²) in [4.78, 5) is 10.7.